The molecule has 117 valence electrons. The molecule has 0 saturated carbocycles. The van der Waals surface area contributed by atoms with Gasteiger partial charge in [0.05, 0.1) is 11.0 Å². The topological polar surface area (TPSA) is 4.93 Å². The highest BCUT2D eigenvalue weighted by molar-refractivity contribution is 6.10. The van der Waals surface area contributed by atoms with E-state index < -0.39 is 0 Å². The standard InChI is InChI=1S/C24H16N/c1-3-9-18(10-4-1)19-15-16-24-22(17-19)21-13-7-8-14-23(21)25(24)20-11-5-2-6-12-20/h2-17H. The lowest BCUT2D eigenvalue weighted by molar-refractivity contribution is 1.18. The molecule has 0 saturated heterocycles. The fourth-order valence-corrected chi connectivity index (χ4v) is 3.59. The highest BCUT2D eigenvalue weighted by Crippen LogP contribution is 2.34. The molecule has 0 aliphatic rings. The van der Waals surface area contributed by atoms with Gasteiger partial charge < -0.3 is 4.57 Å². The van der Waals surface area contributed by atoms with Gasteiger partial charge in [0.25, 0.3) is 0 Å². The van der Waals surface area contributed by atoms with Crippen LogP contribution in [0.2, 0.25) is 0 Å². The van der Waals surface area contributed by atoms with Gasteiger partial charge in [0.2, 0.25) is 0 Å². The molecule has 0 unspecified atom stereocenters. The zero-order chi connectivity index (χ0) is 16.6. The van der Waals surface area contributed by atoms with Crippen molar-refractivity contribution in [3.05, 3.63) is 103 Å². The molecule has 4 aromatic carbocycles. The van der Waals surface area contributed by atoms with Crippen molar-refractivity contribution in [2.24, 2.45) is 0 Å². The molecular weight excluding hydrogens is 302 g/mol. The van der Waals surface area contributed by atoms with E-state index in [-0.39, 0.29) is 0 Å². The van der Waals surface area contributed by atoms with Gasteiger partial charge in [-0.2, -0.15) is 0 Å². The molecule has 5 aromatic rings. The van der Waals surface area contributed by atoms with Crippen molar-refractivity contribution in [3.8, 4) is 16.8 Å². The molecule has 1 aromatic heterocycles. The zero-order valence-corrected chi connectivity index (χ0v) is 13.7. The molecule has 25 heavy (non-hydrogen) atoms. The second kappa shape index (κ2) is 5.64. The highest BCUT2D eigenvalue weighted by Gasteiger charge is 2.12. The molecule has 0 fully saturated rings. The number of hydrogen-bond acceptors (Lipinski definition) is 0. The summed E-state index contributed by atoms with van der Waals surface area (Å²) in [5, 5.41) is 2.57. The van der Waals surface area contributed by atoms with Gasteiger partial charge in [0.15, 0.2) is 0 Å². The second-order valence-corrected chi connectivity index (χ2v) is 6.21. The van der Waals surface area contributed by atoms with Crippen LogP contribution < -0.4 is 0 Å². The fourth-order valence-electron chi connectivity index (χ4n) is 3.59. The smallest absolute Gasteiger partial charge is 0.0541 e. The molecule has 0 spiro atoms. The Balaban J connectivity index is 1.86. The summed E-state index contributed by atoms with van der Waals surface area (Å²) in [5.41, 5.74) is 6.12. The second-order valence-electron chi connectivity index (χ2n) is 6.21. The Bertz CT molecular complexity index is 1170. The fraction of sp³-hybridized carbons (Fsp3) is 0. The lowest BCUT2D eigenvalue weighted by Crippen LogP contribution is -1.92. The minimum Gasteiger partial charge on any atom is -0.309 e. The van der Waals surface area contributed by atoms with Crippen LogP contribution in [-0.4, -0.2) is 4.57 Å². The Labute approximate surface area is 146 Å². The van der Waals surface area contributed by atoms with Gasteiger partial charge in [-0.1, -0.05) is 66.7 Å². The molecule has 0 aliphatic heterocycles. The van der Waals surface area contributed by atoms with Gasteiger partial charge >= 0.3 is 0 Å². The van der Waals surface area contributed by atoms with Crippen LogP contribution >= 0.6 is 0 Å². The van der Waals surface area contributed by atoms with Crippen molar-refractivity contribution >= 4 is 21.8 Å². The summed E-state index contributed by atoms with van der Waals surface area (Å²) in [4.78, 5) is 0. The summed E-state index contributed by atoms with van der Waals surface area (Å²) in [6.07, 6.45) is 0. The van der Waals surface area contributed by atoms with Crippen LogP contribution in [0.25, 0.3) is 38.6 Å². The SMILES string of the molecule is [c]1ccc(-c2ccc3c(c2)c2ccccc2n3-c2ccccc2)cc1. The average molecular weight is 318 g/mol. The Morgan fingerprint density at radius 2 is 1.28 bits per heavy atom. The third-order valence-electron chi connectivity index (χ3n) is 4.74. The Kier molecular flexibility index (Phi) is 3.17. The number of nitrogens with zero attached hydrogens (tertiary/aromatic N) is 1. The largest absolute Gasteiger partial charge is 0.309 e. The molecule has 1 radical (unpaired) electrons. The van der Waals surface area contributed by atoms with Crippen molar-refractivity contribution in [2.75, 3.05) is 0 Å². The first-order valence-corrected chi connectivity index (χ1v) is 8.47. The molecule has 5 rings (SSSR count). The monoisotopic (exact) mass is 318 g/mol. The molecule has 0 atom stereocenters. The van der Waals surface area contributed by atoms with Crippen LogP contribution in [0.4, 0.5) is 0 Å². The Morgan fingerprint density at radius 1 is 0.560 bits per heavy atom. The Morgan fingerprint density at radius 3 is 2.12 bits per heavy atom. The van der Waals surface area contributed by atoms with E-state index in [9.17, 15) is 0 Å². The van der Waals surface area contributed by atoms with Gasteiger partial charge in [0, 0.05) is 16.5 Å². The maximum atomic E-state index is 3.09. The lowest BCUT2D eigenvalue weighted by Gasteiger charge is -2.08. The number of rotatable bonds is 2. The van der Waals surface area contributed by atoms with E-state index in [1.807, 2.05) is 12.1 Å². The molecule has 0 aliphatic carbocycles. The number of aromatic nitrogens is 1. The predicted molar refractivity (Wildman–Crippen MR) is 105 cm³/mol. The summed E-state index contributed by atoms with van der Waals surface area (Å²) in [7, 11) is 0. The van der Waals surface area contributed by atoms with Crippen molar-refractivity contribution in [1.82, 2.24) is 4.57 Å². The minimum atomic E-state index is 1.19. The van der Waals surface area contributed by atoms with Gasteiger partial charge in [0.1, 0.15) is 0 Å². The quantitative estimate of drug-likeness (QED) is 0.362. The predicted octanol–water partition coefficient (Wildman–Crippen LogP) is 6.25. The van der Waals surface area contributed by atoms with Gasteiger partial charge in [-0.15, -0.1) is 0 Å². The van der Waals surface area contributed by atoms with Gasteiger partial charge in [-0.3, -0.25) is 0 Å². The van der Waals surface area contributed by atoms with Crippen molar-refractivity contribution in [2.45, 2.75) is 0 Å². The van der Waals surface area contributed by atoms with E-state index in [0.717, 1.165) is 0 Å². The van der Waals surface area contributed by atoms with Crippen LogP contribution in [0.1, 0.15) is 0 Å². The third kappa shape index (κ3) is 2.25. The molecule has 0 N–H and O–H groups in total. The number of benzene rings is 4. The average Bonchev–Trinajstić information content (AvgIpc) is 3.03. The Hall–Kier alpha value is -3.32. The van der Waals surface area contributed by atoms with Crippen molar-refractivity contribution in [3.63, 3.8) is 0 Å². The molecule has 1 nitrogen and oxygen atoms in total. The summed E-state index contributed by atoms with van der Waals surface area (Å²) >= 11 is 0. The maximum Gasteiger partial charge on any atom is 0.0541 e. The van der Waals surface area contributed by atoms with E-state index in [4.69, 9.17) is 0 Å². The number of hydrogen-bond donors (Lipinski definition) is 0. The van der Waals surface area contributed by atoms with Crippen LogP contribution in [0.5, 0.6) is 0 Å². The first-order chi connectivity index (χ1) is 12.4. The molecule has 1 heteroatoms. The van der Waals surface area contributed by atoms with E-state index in [0.29, 0.717) is 0 Å². The summed E-state index contributed by atoms with van der Waals surface area (Å²) in [5.74, 6) is 0. The first kappa shape index (κ1) is 14.1. The van der Waals surface area contributed by atoms with Crippen LogP contribution in [0.15, 0.2) is 97.1 Å². The third-order valence-corrected chi connectivity index (χ3v) is 4.74. The molecule has 1 heterocycles. The van der Waals surface area contributed by atoms with E-state index in [1.165, 1.54) is 38.6 Å². The number of fused-ring (bicyclic) bond motifs is 3. The van der Waals surface area contributed by atoms with Crippen molar-refractivity contribution < 1.29 is 0 Å². The van der Waals surface area contributed by atoms with Crippen LogP contribution in [0, 0.1) is 6.07 Å². The summed E-state index contributed by atoms with van der Waals surface area (Å²) in [6, 6.07) is 37.1. The molecular formula is C24H16N. The number of para-hydroxylation sites is 2. The van der Waals surface area contributed by atoms with Gasteiger partial charge in [-0.25, -0.2) is 0 Å². The van der Waals surface area contributed by atoms with Crippen LogP contribution in [-0.2, 0) is 0 Å². The first-order valence-electron chi connectivity index (χ1n) is 8.47. The minimum absolute atomic E-state index is 1.19. The lowest BCUT2D eigenvalue weighted by atomic mass is 10.0. The van der Waals surface area contributed by atoms with Gasteiger partial charge in [-0.05, 0) is 47.5 Å². The normalized spacial score (nSPS) is 11.2. The maximum absolute atomic E-state index is 3.09. The molecule has 0 amide bonds. The van der Waals surface area contributed by atoms with E-state index >= 15 is 0 Å². The zero-order valence-electron chi connectivity index (χ0n) is 13.7. The van der Waals surface area contributed by atoms with Crippen LogP contribution in [0.3, 0.4) is 0 Å². The van der Waals surface area contributed by atoms with E-state index in [2.05, 4.69) is 95.6 Å². The summed E-state index contributed by atoms with van der Waals surface area (Å²) in [6.45, 7) is 0. The van der Waals surface area contributed by atoms with E-state index in [1.54, 1.807) is 0 Å². The highest BCUT2D eigenvalue weighted by atomic mass is 15.0. The molecule has 0 bridgehead atoms. The van der Waals surface area contributed by atoms with Crippen molar-refractivity contribution in [1.29, 1.82) is 0 Å². The summed E-state index contributed by atoms with van der Waals surface area (Å²) < 4.78 is 2.34.